The summed E-state index contributed by atoms with van der Waals surface area (Å²) in [5, 5.41) is 7.52. The molecule has 0 aliphatic carbocycles. The maximum absolute atomic E-state index is 2.43. The maximum atomic E-state index is 2.43. The summed E-state index contributed by atoms with van der Waals surface area (Å²) in [7, 11) is 0. The van der Waals surface area contributed by atoms with Crippen LogP contribution in [0.3, 0.4) is 0 Å². The Kier molecular flexibility index (Phi) is 5.96. The predicted molar refractivity (Wildman–Crippen MR) is 215 cm³/mol. The van der Waals surface area contributed by atoms with Gasteiger partial charge >= 0.3 is 0 Å². The van der Waals surface area contributed by atoms with Crippen LogP contribution in [-0.2, 0) is 0 Å². The Bertz CT molecular complexity index is 3080. The minimum absolute atomic E-state index is 1.16. The van der Waals surface area contributed by atoms with E-state index in [4.69, 9.17) is 0 Å². The van der Waals surface area contributed by atoms with Crippen LogP contribution in [0.5, 0.6) is 0 Å². The molecule has 0 aliphatic rings. The monoisotopic (exact) mass is 649 g/mol. The van der Waals surface area contributed by atoms with Crippen molar-refractivity contribution >= 4 is 65.4 Å². The number of rotatable bonds is 4. The molecular formula is C48H31N3. The lowest BCUT2D eigenvalue weighted by atomic mass is 10.0. The van der Waals surface area contributed by atoms with Crippen molar-refractivity contribution in [3.63, 3.8) is 0 Å². The maximum Gasteiger partial charge on any atom is 0.0542 e. The largest absolute Gasteiger partial charge is 0.309 e. The van der Waals surface area contributed by atoms with Gasteiger partial charge in [-0.3, -0.25) is 0 Å². The number of aromatic nitrogens is 3. The van der Waals surface area contributed by atoms with Crippen molar-refractivity contribution in [1.29, 1.82) is 0 Å². The first-order chi connectivity index (χ1) is 25.3. The summed E-state index contributed by atoms with van der Waals surface area (Å²) in [6.45, 7) is 0. The van der Waals surface area contributed by atoms with Gasteiger partial charge in [-0.2, -0.15) is 0 Å². The van der Waals surface area contributed by atoms with Gasteiger partial charge in [0, 0.05) is 49.3 Å². The molecule has 0 saturated heterocycles. The highest BCUT2D eigenvalue weighted by molar-refractivity contribution is 6.13. The Balaban J connectivity index is 1.13. The second-order valence-electron chi connectivity index (χ2n) is 13.4. The first-order valence-corrected chi connectivity index (χ1v) is 17.5. The molecule has 3 nitrogen and oxygen atoms in total. The van der Waals surface area contributed by atoms with E-state index in [0.29, 0.717) is 0 Å². The summed E-state index contributed by atoms with van der Waals surface area (Å²) in [5.74, 6) is 0. The minimum atomic E-state index is 1.16. The van der Waals surface area contributed by atoms with Gasteiger partial charge in [-0.15, -0.1) is 0 Å². The lowest BCUT2D eigenvalue weighted by Crippen LogP contribution is -1.97. The number of para-hydroxylation sites is 6. The van der Waals surface area contributed by atoms with Crippen molar-refractivity contribution in [2.75, 3.05) is 0 Å². The lowest BCUT2D eigenvalue weighted by Gasteiger charge is -2.14. The highest BCUT2D eigenvalue weighted by Gasteiger charge is 2.19. The van der Waals surface area contributed by atoms with E-state index in [9.17, 15) is 0 Å². The summed E-state index contributed by atoms with van der Waals surface area (Å²) in [5.41, 5.74) is 13.2. The van der Waals surface area contributed by atoms with Crippen LogP contribution in [0.2, 0.25) is 0 Å². The fraction of sp³-hybridized carbons (Fsp3) is 0. The van der Waals surface area contributed by atoms with Crippen molar-refractivity contribution in [2.45, 2.75) is 0 Å². The van der Waals surface area contributed by atoms with Crippen LogP contribution in [-0.4, -0.2) is 13.7 Å². The summed E-state index contributed by atoms with van der Waals surface area (Å²) >= 11 is 0. The zero-order valence-corrected chi connectivity index (χ0v) is 27.7. The van der Waals surface area contributed by atoms with Gasteiger partial charge in [-0.1, -0.05) is 115 Å². The van der Waals surface area contributed by atoms with E-state index in [-0.39, 0.29) is 0 Å². The van der Waals surface area contributed by atoms with E-state index in [1.807, 2.05) is 0 Å². The van der Waals surface area contributed by atoms with Crippen LogP contribution < -0.4 is 0 Å². The molecular weight excluding hydrogens is 619 g/mol. The first kappa shape index (κ1) is 28.0. The normalized spacial score (nSPS) is 11.9. The number of hydrogen-bond acceptors (Lipinski definition) is 0. The van der Waals surface area contributed by atoms with Gasteiger partial charge in [-0.25, -0.2) is 0 Å². The van der Waals surface area contributed by atoms with Gasteiger partial charge in [0.15, 0.2) is 0 Å². The molecule has 3 heteroatoms. The molecule has 8 aromatic carbocycles. The molecule has 0 amide bonds. The highest BCUT2D eigenvalue weighted by atomic mass is 15.0. The minimum Gasteiger partial charge on any atom is -0.309 e. The second kappa shape index (κ2) is 10.8. The van der Waals surface area contributed by atoms with Crippen LogP contribution in [0.1, 0.15) is 0 Å². The summed E-state index contributed by atoms with van der Waals surface area (Å²) < 4.78 is 7.23. The molecule has 0 spiro atoms. The van der Waals surface area contributed by atoms with Crippen molar-refractivity contribution in [3.05, 3.63) is 188 Å². The molecule has 0 bridgehead atoms. The first-order valence-electron chi connectivity index (χ1n) is 17.5. The third-order valence-electron chi connectivity index (χ3n) is 10.6. The summed E-state index contributed by atoms with van der Waals surface area (Å²) in [6.07, 6.45) is 0. The van der Waals surface area contributed by atoms with Crippen molar-refractivity contribution in [2.24, 2.45) is 0 Å². The molecule has 3 heterocycles. The van der Waals surface area contributed by atoms with Gasteiger partial charge < -0.3 is 13.7 Å². The molecule has 51 heavy (non-hydrogen) atoms. The standard InChI is InChI=1S/C48H31N3/c1-2-14-33(15-3-1)49-43-22-10-8-20-39(43)41-31-34(27-29-48(41)49)50-44-23-11-7-19-38(44)40-30-32(26-28-47(40)50)35-16-4-9-21-42(35)51-45-24-12-5-17-36(45)37-18-6-13-25-46(37)51/h1-31H. The van der Waals surface area contributed by atoms with E-state index in [1.165, 1.54) is 87.9 Å². The molecule has 11 aromatic rings. The molecule has 0 radical (unpaired) electrons. The number of fused-ring (bicyclic) bond motifs is 9. The Morgan fingerprint density at radius 3 is 1.31 bits per heavy atom. The zero-order chi connectivity index (χ0) is 33.5. The van der Waals surface area contributed by atoms with Gasteiger partial charge in [-0.05, 0) is 78.4 Å². The molecule has 11 rings (SSSR count). The average molecular weight is 650 g/mol. The van der Waals surface area contributed by atoms with Crippen molar-refractivity contribution in [1.82, 2.24) is 13.7 Å². The van der Waals surface area contributed by atoms with E-state index in [2.05, 4.69) is 202 Å². The molecule has 0 aliphatic heterocycles. The molecule has 0 saturated carbocycles. The summed E-state index contributed by atoms with van der Waals surface area (Å²) in [4.78, 5) is 0. The van der Waals surface area contributed by atoms with Crippen LogP contribution >= 0.6 is 0 Å². The average Bonchev–Trinajstić information content (AvgIpc) is 3.83. The molecule has 3 aromatic heterocycles. The Morgan fingerprint density at radius 2 is 0.686 bits per heavy atom. The van der Waals surface area contributed by atoms with Crippen LogP contribution in [0.4, 0.5) is 0 Å². The smallest absolute Gasteiger partial charge is 0.0542 e. The topological polar surface area (TPSA) is 14.8 Å². The third-order valence-corrected chi connectivity index (χ3v) is 10.6. The number of nitrogens with zero attached hydrogens (tertiary/aromatic N) is 3. The highest BCUT2D eigenvalue weighted by Crippen LogP contribution is 2.40. The quantitative estimate of drug-likeness (QED) is 0.180. The van der Waals surface area contributed by atoms with E-state index >= 15 is 0 Å². The van der Waals surface area contributed by atoms with Crippen LogP contribution in [0.15, 0.2) is 188 Å². The van der Waals surface area contributed by atoms with Gasteiger partial charge in [0.2, 0.25) is 0 Å². The molecule has 238 valence electrons. The number of benzene rings is 8. The van der Waals surface area contributed by atoms with Gasteiger partial charge in [0.1, 0.15) is 0 Å². The fourth-order valence-corrected chi connectivity index (χ4v) is 8.47. The van der Waals surface area contributed by atoms with Crippen LogP contribution in [0.25, 0.3) is 93.6 Å². The summed E-state index contributed by atoms with van der Waals surface area (Å²) in [6, 6.07) is 68.4. The molecule has 0 atom stereocenters. The second-order valence-corrected chi connectivity index (χ2v) is 13.4. The third kappa shape index (κ3) is 4.06. The van der Waals surface area contributed by atoms with Crippen molar-refractivity contribution < 1.29 is 0 Å². The van der Waals surface area contributed by atoms with Crippen molar-refractivity contribution in [3.8, 4) is 28.2 Å². The zero-order valence-electron chi connectivity index (χ0n) is 27.7. The van der Waals surface area contributed by atoms with E-state index in [0.717, 1.165) is 5.69 Å². The molecule has 0 N–H and O–H groups in total. The SMILES string of the molecule is c1ccc(-n2c3ccccc3c3cc(-n4c5ccccc5c5cc(-c6ccccc6-n6c7ccccc7c7ccccc76)ccc54)ccc32)cc1. The Labute approximate surface area is 294 Å². The van der Waals surface area contributed by atoms with Gasteiger partial charge in [0.25, 0.3) is 0 Å². The Morgan fingerprint density at radius 1 is 0.255 bits per heavy atom. The molecule has 0 unspecified atom stereocenters. The number of hydrogen-bond donors (Lipinski definition) is 0. The fourth-order valence-electron chi connectivity index (χ4n) is 8.47. The van der Waals surface area contributed by atoms with Crippen LogP contribution in [0, 0.1) is 0 Å². The van der Waals surface area contributed by atoms with E-state index in [1.54, 1.807) is 0 Å². The predicted octanol–water partition coefficient (Wildman–Crippen LogP) is 12.6. The Hall–Kier alpha value is -6.84. The lowest BCUT2D eigenvalue weighted by molar-refractivity contribution is 1.16. The van der Waals surface area contributed by atoms with E-state index < -0.39 is 0 Å². The van der Waals surface area contributed by atoms with Gasteiger partial charge in [0.05, 0.1) is 38.8 Å². The molecule has 0 fully saturated rings.